The minimum atomic E-state index is -4.42. The van der Waals surface area contributed by atoms with E-state index in [1.165, 1.54) is 12.1 Å². The van der Waals surface area contributed by atoms with Crippen LogP contribution < -0.4 is 5.32 Å². The van der Waals surface area contributed by atoms with Crippen molar-refractivity contribution in [3.05, 3.63) is 35.4 Å². The molecule has 1 heterocycles. The van der Waals surface area contributed by atoms with Crippen molar-refractivity contribution in [1.82, 2.24) is 10.2 Å². The lowest BCUT2D eigenvalue weighted by molar-refractivity contribution is -0.139. The smallest absolute Gasteiger partial charge is 0.391 e. The van der Waals surface area contributed by atoms with Gasteiger partial charge in [-0.3, -0.25) is 4.79 Å². The highest BCUT2D eigenvalue weighted by molar-refractivity contribution is 5.88. The van der Waals surface area contributed by atoms with Gasteiger partial charge in [0.1, 0.15) is 6.61 Å². The third-order valence-corrected chi connectivity index (χ3v) is 4.74. The molecule has 1 fully saturated rings. The number of halogens is 4. The number of carbonyl (C=O) groups excluding carboxylic acids is 1. The lowest BCUT2D eigenvalue weighted by Crippen LogP contribution is -2.48. The molecule has 1 amide bonds. The summed E-state index contributed by atoms with van der Waals surface area (Å²) in [6.07, 6.45) is -2.53. The normalized spacial score (nSPS) is 15.7. The van der Waals surface area contributed by atoms with Crippen LogP contribution in [-0.2, 0) is 22.4 Å². The molecule has 0 radical (unpaired) electrons. The van der Waals surface area contributed by atoms with E-state index in [0.717, 1.165) is 18.2 Å². The number of nitrogens with zero attached hydrogens (tertiary/aromatic N) is 2. The Labute approximate surface area is 176 Å². The van der Waals surface area contributed by atoms with Crippen molar-refractivity contribution >= 4 is 24.0 Å². The molecule has 1 aromatic rings. The second-order valence-corrected chi connectivity index (χ2v) is 7.38. The summed E-state index contributed by atoms with van der Waals surface area (Å²) in [7, 11) is 1.79. The van der Waals surface area contributed by atoms with E-state index in [-0.39, 0.29) is 36.5 Å². The van der Waals surface area contributed by atoms with Gasteiger partial charge in [0.15, 0.2) is 0 Å². The number of rotatable bonds is 7. The standard InChI is InChI=1S/C20H28F3N3O2.ClH/c1-14(2)12-18(24-3)19(27)26-10-8-16(9-11-26)25-28-13-15-6-4-5-7-17(15)20(21,22)23;/h4-7,14,18,24H,8-13H2,1-3H3;1H. The summed E-state index contributed by atoms with van der Waals surface area (Å²) in [6.45, 7) is 4.99. The van der Waals surface area contributed by atoms with Gasteiger partial charge in [-0.2, -0.15) is 13.2 Å². The fraction of sp³-hybridized carbons (Fsp3) is 0.600. The first-order valence-electron chi connectivity index (χ1n) is 9.51. The van der Waals surface area contributed by atoms with Crippen molar-refractivity contribution in [1.29, 1.82) is 0 Å². The largest absolute Gasteiger partial charge is 0.416 e. The van der Waals surface area contributed by atoms with Gasteiger partial charge in [0.05, 0.1) is 17.3 Å². The molecule has 1 aliphatic rings. The lowest BCUT2D eigenvalue weighted by atomic mass is 10.0. The number of hydrogen-bond donors (Lipinski definition) is 1. The Hall–Kier alpha value is -1.80. The van der Waals surface area contributed by atoms with E-state index in [0.29, 0.717) is 31.8 Å². The van der Waals surface area contributed by atoms with Gasteiger partial charge in [-0.15, -0.1) is 12.4 Å². The monoisotopic (exact) mass is 435 g/mol. The molecule has 0 spiro atoms. The van der Waals surface area contributed by atoms with Crippen molar-refractivity contribution < 1.29 is 22.8 Å². The summed E-state index contributed by atoms with van der Waals surface area (Å²) < 4.78 is 39.0. The maximum absolute atomic E-state index is 13.0. The lowest BCUT2D eigenvalue weighted by Gasteiger charge is -2.31. The molecule has 1 aliphatic heterocycles. The number of hydrogen-bond acceptors (Lipinski definition) is 4. The van der Waals surface area contributed by atoms with Crippen LogP contribution in [0.1, 0.15) is 44.2 Å². The number of carbonyl (C=O) groups is 1. The van der Waals surface area contributed by atoms with Gasteiger partial charge >= 0.3 is 6.18 Å². The molecule has 2 rings (SSSR count). The number of likely N-dealkylation sites (N-methyl/N-ethyl adjacent to an activating group) is 1. The SMILES string of the molecule is CNC(CC(C)C)C(=O)N1CCC(=NOCc2ccccc2C(F)(F)F)CC1.Cl. The Morgan fingerprint density at radius 2 is 1.86 bits per heavy atom. The molecule has 5 nitrogen and oxygen atoms in total. The maximum Gasteiger partial charge on any atom is 0.416 e. The first kappa shape index (κ1) is 25.2. The van der Waals surface area contributed by atoms with Gasteiger partial charge in [0.2, 0.25) is 5.91 Å². The predicted molar refractivity (Wildman–Crippen MR) is 109 cm³/mol. The van der Waals surface area contributed by atoms with E-state index in [1.807, 2.05) is 4.90 Å². The van der Waals surface area contributed by atoms with Gasteiger partial charge in [-0.05, 0) is 25.5 Å². The first-order chi connectivity index (χ1) is 13.2. The summed E-state index contributed by atoms with van der Waals surface area (Å²) >= 11 is 0. The molecule has 0 aliphatic carbocycles. The summed E-state index contributed by atoms with van der Waals surface area (Å²) in [6, 6.07) is 5.11. The number of piperidine rings is 1. The molecule has 1 atom stereocenters. The fourth-order valence-corrected chi connectivity index (χ4v) is 3.23. The highest BCUT2D eigenvalue weighted by Crippen LogP contribution is 2.32. The fourth-order valence-electron chi connectivity index (χ4n) is 3.23. The molecule has 0 aromatic heterocycles. The van der Waals surface area contributed by atoms with Crippen molar-refractivity contribution in [3.63, 3.8) is 0 Å². The summed E-state index contributed by atoms with van der Waals surface area (Å²) in [5.74, 6) is 0.492. The summed E-state index contributed by atoms with van der Waals surface area (Å²) in [5.41, 5.74) is 0.106. The van der Waals surface area contributed by atoms with Crippen LogP contribution in [0.2, 0.25) is 0 Å². The number of amides is 1. The van der Waals surface area contributed by atoms with Crippen LogP contribution in [0.3, 0.4) is 0 Å². The Morgan fingerprint density at radius 1 is 1.24 bits per heavy atom. The van der Waals surface area contributed by atoms with Gasteiger partial charge in [-0.25, -0.2) is 0 Å². The molecule has 29 heavy (non-hydrogen) atoms. The zero-order chi connectivity index (χ0) is 20.7. The minimum absolute atomic E-state index is 0. The zero-order valence-electron chi connectivity index (χ0n) is 17.0. The number of benzene rings is 1. The summed E-state index contributed by atoms with van der Waals surface area (Å²) in [4.78, 5) is 19.6. The average molecular weight is 436 g/mol. The Balaban J connectivity index is 0.00000420. The zero-order valence-corrected chi connectivity index (χ0v) is 17.8. The number of nitrogens with one attached hydrogen (secondary N) is 1. The Kier molecular flexibility index (Phi) is 9.92. The van der Waals surface area contributed by atoms with E-state index in [2.05, 4.69) is 24.3 Å². The molecule has 0 bridgehead atoms. The molecule has 9 heteroatoms. The van der Waals surface area contributed by atoms with Crippen LogP contribution in [-0.4, -0.2) is 42.7 Å². The van der Waals surface area contributed by atoms with Gasteiger partial charge in [0, 0.05) is 31.5 Å². The van der Waals surface area contributed by atoms with E-state index >= 15 is 0 Å². The van der Waals surface area contributed by atoms with E-state index in [4.69, 9.17) is 4.84 Å². The molecular weight excluding hydrogens is 407 g/mol. The van der Waals surface area contributed by atoms with Crippen LogP contribution in [0.4, 0.5) is 13.2 Å². The Morgan fingerprint density at radius 3 is 2.41 bits per heavy atom. The highest BCUT2D eigenvalue weighted by atomic mass is 35.5. The van der Waals surface area contributed by atoms with Crippen LogP contribution in [0.5, 0.6) is 0 Å². The number of alkyl halides is 3. The molecular formula is C20H29ClF3N3O2. The van der Waals surface area contributed by atoms with E-state index in [9.17, 15) is 18.0 Å². The van der Waals surface area contributed by atoms with Crippen LogP contribution in [0, 0.1) is 5.92 Å². The minimum Gasteiger partial charge on any atom is -0.391 e. The van der Waals surface area contributed by atoms with Crippen molar-refractivity contribution in [3.8, 4) is 0 Å². The van der Waals surface area contributed by atoms with E-state index < -0.39 is 11.7 Å². The average Bonchev–Trinajstić information content (AvgIpc) is 2.65. The quantitative estimate of drug-likeness (QED) is 0.651. The third-order valence-electron chi connectivity index (χ3n) is 4.74. The third kappa shape index (κ3) is 7.51. The van der Waals surface area contributed by atoms with E-state index in [1.54, 1.807) is 13.1 Å². The molecule has 1 N–H and O–H groups in total. The highest BCUT2D eigenvalue weighted by Gasteiger charge is 2.33. The molecule has 1 aromatic carbocycles. The molecule has 1 saturated heterocycles. The predicted octanol–water partition coefficient (Wildman–Crippen LogP) is 4.26. The molecule has 164 valence electrons. The molecule has 0 saturated carbocycles. The first-order valence-corrected chi connectivity index (χ1v) is 9.51. The van der Waals surface area contributed by atoms with Gasteiger partial charge < -0.3 is 15.1 Å². The number of likely N-dealkylation sites (tertiary alicyclic amines) is 1. The van der Waals surface area contributed by atoms with Crippen LogP contribution >= 0.6 is 12.4 Å². The van der Waals surface area contributed by atoms with Crippen molar-refractivity contribution in [2.24, 2.45) is 11.1 Å². The van der Waals surface area contributed by atoms with Crippen molar-refractivity contribution in [2.75, 3.05) is 20.1 Å². The molecule has 1 unspecified atom stereocenters. The summed E-state index contributed by atoms with van der Waals surface area (Å²) in [5, 5.41) is 7.08. The Bertz CT molecular complexity index is 686. The topological polar surface area (TPSA) is 53.9 Å². The van der Waals surface area contributed by atoms with Crippen LogP contribution in [0.25, 0.3) is 0 Å². The van der Waals surface area contributed by atoms with Crippen molar-refractivity contribution in [2.45, 2.75) is 51.9 Å². The second-order valence-electron chi connectivity index (χ2n) is 7.38. The number of oxime groups is 1. The van der Waals surface area contributed by atoms with Gasteiger partial charge in [-0.1, -0.05) is 37.2 Å². The van der Waals surface area contributed by atoms with Gasteiger partial charge in [0.25, 0.3) is 0 Å². The maximum atomic E-state index is 13.0. The van der Waals surface area contributed by atoms with Crippen LogP contribution in [0.15, 0.2) is 29.4 Å². The second kappa shape index (κ2) is 11.4.